The van der Waals surface area contributed by atoms with Gasteiger partial charge >= 0.3 is 0 Å². The van der Waals surface area contributed by atoms with Crippen molar-refractivity contribution in [2.24, 2.45) is 0 Å². The molecule has 0 spiro atoms. The van der Waals surface area contributed by atoms with Crippen molar-refractivity contribution in [1.82, 2.24) is 25.0 Å². The summed E-state index contributed by atoms with van der Waals surface area (Å²) in [4.78, 5) is 4.88. The summed E-state index contributed by atoms with van der Waals surface area (Å²) in [6, 6.07) is 12.3. The van der Waals surface area contributed by atoms with E-state index in [1.165, 1.54) is 18.7 Å². The van der Waals surface area contributed by atoms with Gasteiger partial charge in [-0.1, -0.05) is 36.5 Å². The van der Waals surface area contributed by atoms with Crippen molar-refractivity contribution in [2.75, 3.05) is 44.7 Å². The molecule has 0 saturated carbocycles. The standard InChI is InChI=1S/C22H30N6OS/c1-3-10-26-12-14-27(15-13-26)21-24-25-22(30-21)28-11-6-8-19(28)17-23-16-18-7-4-5-9-20(18)29-2/h4-9,11,23H,3,10,12-17H2,1-2H3. The first-order valence-electron chi connectivity index (χ1n) is 10.6. The number of methoxy groups -OCH3 is 1. The van der Waals surface area contributed by atoms with Gasteiger partial charge in [-0.15, -0.1) is 10.2 Å². The van der Waals surface area contributed by atoms with Crippen LogP contribution in [0.25, 0.3) is 5.13 Å². The number of benzene rings is 1. The van der Waals surface area contributed by atoms with Crippen LogP contribution in [0.15, 0.2) is 42.6 Å². The van der Waals surface area contributed by atoms with Crippen molar-refractivity contribution >= 4 is 16.5 Å². The predicted molar refractivity (Wildman–Crippen MR) is 122 cm³/mol. The molecular weight excluding hydrogens is 396 g/mol. The maximum Gasteiger partial charge on any atom is 0.218 e. The van der Waals surface area contributed by atoms with Crippen LogP contribution in [0.3, 0.4) is 0 Å². The Kier molecular flexibility index (Phi) is 6.99. The summed E-state index contributed by atoms with van der Waals surface area (Å²) >= 11 is 1.66. The number of anilines is 1. The molecule has 2 aromatic heterocycles. The first-order valence-corrected chi connectivity index (χ1v) is 11.4. The Morgan fingerprint density at radius 3 is 2.60 bits per heavy atom. The lowest BCUT2D eigenvalue weighted by atomic mass is 10.2. The lowest BCUT2D eigenvalue weighted by Gasteiger charge is -2.33. The van der Waals surface area contributed by atoms with Gasteiger partial charge in [0, 0.05) is 56.7 Å². The smallest absolute Gasteiger partial charge is 0.218 e. The number of nitrogens with zero attached hydrogens (tertiary/aromatic N) is 5. The molecule has 7 nitrogen and oxygen atoms in total. The SMILES string of the molecule is CCCN1CCN(c2nnc(-n3cccc3CNCc3ccccc3OC)s2)CC1. The minimum atomic E-state index is 0.746. The molecule has 3 heterocycles. The van der Waals surface area contributed by atoms with Crippen molar-refractivity contribution in [3.63, 3.8) is 0 Å². The van der Waals surface area contributed by atoms with Gasteiger partial charge in [0.25, 0.3) is 0 Å². The van der Waals surface area contributed by atoms with Crippen LogP contribution in [0.5, 0.6) is 5.75 Å². The van der Waals surface area contributed by atoms with Gasteiger partial charge in [-0.3, -0.25) is 9.47 Å². The molecule has 1 aliphatic heterocycles. The molecule has 1 aliphatic rings. The Bertz CT molecular complexity index is 931. The van der Waals surface area contributed by atoms with Gasteiger partial charge in [-0.2, -0.15) is 0 Å². The molecule has 1 N–H and O–H groups in total. The second-order valence-electron chi connectivity index (χ2n) is 7.48. The lowest BCUT2D eigenvalue weighted by Crippen LogP contribution is -2.46. The highest BCUT2D eigenvalue weighted by Gasteiger charge is 2.20. The van der Waals surface area contributed by atoms with Crippen molar-refractivity contribution in [1.29, 1.82) is 0 Å². The van der Waals surface area contributed by atoms with Crippen molar-refractivity contribution in [3.8, 4) is 10.9 Å². The van der Waals surface area contributed by atoms with Crippen LogP contribution < -0.4 is 15.0 Å². The monoisotopic (exact) mass is 426 g/mol. The molecular formula is C22H30N6OS. The van der Waals surface area contributed by atoms with E-state index in [1.807, 2.05) is 18.2 Å². The molecule has 3 aromatic rings. The van der Waals surface area contributed by atoms with Gasteiger partial charge in [0.05, 0.1) is 7.11 Å². The summed E-state index contributed by atoms with van der Waals surface area (Å²) < 4.78 is 7.57. The van der Waals surface area contributed by atoms with Gasteiger partial charge in [-0.05, 0) is 31.2 Å². The van der Waals surface area contributed by atoms with Crippen LogP contribution in [0, 0.1) is 0 Å². The zero-order valence-electron chi connectivity index (χ0n) is 17.8. The predicted octanol–water partition coefficient (Wildman–Crippen LogP) is 3.16. The first kappa shape index (κ1) is 20.8. The van der Waals surface area contributed by atoms with E-state index in [0.29, 0.717) is 0 Å². The molecule has 0 aliphatic carbocycles. The molecule has 30 heavy (non-hydrogen) atoms. The average molecular weight is 427 g/mol. The largest absolute Gasteiger partial charge is 0.496 e. The molecule has 4 rings (SSSR count). The second-order valence-corrected chi connectivity index (χ2v) is 8.42. The number of hydrogen-bond acceptors (Lipinski definition) is 7. The number of hydrogen-bond donors (Lipinski definition) is 1. The fraction of sp³-hybridized carbons (Fsp3) is 0.455. The molecule has 0 unspecified atom stereocenters. The van der Waals surface area contributed by atoms with Gasteiger partial charge in [0.2, 0.25) is 10.3 Å². The van der Waals surface area contributed by atoms with E-state index < -0.39 is 0 Å². The Morgan fingerprint density at radius 2 is 1.80 bits per heavy atom. The molecule has 0 bridgehead atoms. The van der Waals surface area contributed by atoms with Crippen LogP contribution >= 0.6 is 11.3 Å². The summed E-state index contributed by atoms with van der Waals surface area (Å²) in [6.07, 6.45) is 3.27. The van der Waals surface area contributed by atoms with Gasteiger partial charge in [0.1, 0.15) is 5.75 Å². The molecule has 1 aromatic carbocycles. The number of nitrogens with one attached hydrogen (secondary N) is 1. The summed E-state index contributed by atoms with van der Waals surface area (Å²) in [7, 11) is 1.71. The van der Waals surface area contributed by atoms with Gasteiger partial charge in [-0.25, -0.2) is 0 Å². The fourth-order valence-electron chi connectivity index (χ4n) is 3.83. The molecule has 8 heteroatoms. The number of para-hydroxylation sites is 1. The zero-order valence-corrected chi connectivity index (χ0v) is 18.6. The highest BCUT2D eigenvalue weighted by molar-refractivity contribution is 7.17. The number of aromatic nitrogens is 3. The van der Waals surface area contributed by atoms with Crippen LogP contribution in [-0.2, 0) is 13.1 Å². The molecule has 160 valence electrons. The van der Waals surface area contributed by atoms with E-state index in [0.717, 1.165) is 60.8 Å². The van der Waals surface area contributed by atoms with Crippen LogP contribution in [0.1, 0.15) is 24.6 Å². The summed E-state index contributed by atoms with van der Waals surface area (Å²) in [6.45, 7) is 9.16. The zero-order chi connectivity index (χ0) is 20.8. The van der Waals surface area contributed by atoms with E-state index in [2.05, 4.69) is 61.2 Å². The highest BCUT2D eigenvalue weighted by Crippen LogP contribution is 2.25. The third-order valence-electron chi connectivity index (χ3n) is 5.44. The second kappa shape index (κ2) is 10.1. The fourth-order valence-corrected chi connectivity index (χ4v) is 4.75. The molecule has 1 saturated heterocycles. The Labute approximate surface area is 182 Å². The van der Waals surface area contributed by atoms with Crippen LogP contribution in [0.4, 0.5) is 5.13 Å². The lowest BCUT2D eigenvalue weighted by molar-refractivity contribution is 0.258. The first-order chi connectivity index (χ1) is 14.8. The van der Waals surface area contributed by atoms with Crippen molar-refractivity contribution in [3.05, 3.63) is 53.9 Å². The minimum absolute atomic E-state index is 0.746. The average Bonchev–Trinajstić information content (AvgIpc) is 3.44. The van der Waals surface area contributed by atoms with Crippen LogP contribution in [-0.4, -0.2) is 59.5 Å². The summed E-state index contributed by atoms with van der Waals surface area (Å²) in [5.74, 6) is 0.910. The number of piperazine rings is 1. The van der Waals surface area contributed by atoms with Gasteiger partial charge in [0.15, 0.2) is 0 Å². The maximum atomic E-state index is 5.44. The van der Waals surface area contributed by atoms with Crippen molar-refractivity contribution < 1.29 is 4.74 Å². The Balaban J connectivity index is 1.37. The maximum absolute atomic E-state index is 5.44. The number of ether oxygens (including phenoxy) is 1. The Morgan fingerprint density at radius 1 is 1.00 bits per heavy atom. The topological polar surface area (TPSA) is 58.5 Å². The minimum Gasteiger partial charge on any atom is -0.496 e. The molecule has 0 atom stereocenters. The summed E-state index contributed by atoms with van der Waals surface area (Å²) in [5.41, 5.74) is 2.32. The quantitative estimate of drug-likeness (QED) is 0.567. The normalized spacial score (nSPS) is 14.9. The van der Waals surface area contributed by atoms with Gasteiger partial charge < -0.3 is 15.0 Å². The van der Waals surface area contributed by atoms with E-state index in [9.17, 15) is 0 Å². The molecule has 0 radical (unpaired) electrons. The third kappa shape index (κ3) is 4.83. The molecule has 0 amide bonds. The van der Waals surface area contributed by atoms with E-state index >= 15 is 0 Å². The molecule has 1 fully saturated rings. The van der Waals surface area contributed by atoms with Crippen LogP contribution in [0.2, 0.25) is 0 Å². The van der Waals surface area contributed by atoms with E-state index in [4.69, 9.17) is 4.74 Å². The van der Waals surface area contributed by atoms with E-state index in [1.54, 1.807) is 18.4 Å². The number of rotatable bonds is 9. The Hall–Kier alpha value is -2.42. The third-order valence-corrected chi connectivity index (χ3v) is 6.42. The summed E-state index contributed by atoms with van der Waals surface area (Å²) in [5, 5.41) is 14.4. The van der Waals surface area contributed by atoms with Crippen molar-refractivity contribution in [2.45, 2.75) is 26.4 Å². The highest BCUT2D eigenvalue weighted by atomic mass is 32.1. The van der Waals surface area contributed by atoms with E-state index in [-0.39, 0.29) is 0 Å².